The number of furan rings is 1. The topological polar surface area (TPSA) is 42.2 Å². The molecule has 2 heterocycles. The van der Waals surface area contributed by atoms with Crippen LogP contribution in [0.5, 0.6) is 0 Å². The van der Waals surface area contributed by atoms with Crippen LogP contribution in [0.15, 0.2) is 181 Å². The Kier molecular flexibility index (Phi) is 6.46. The second kappa shape index (κ2) is 11.4. The standard InChI is InChI=1S/C46H29N3O/c1-3-7-34-23-36(11-9-30(34)5-1)32-13-17-39(18-14-32)49(40-19-15-33(16-20-40)37-12-10-31-6-2-4-8-35(31)24-37)41-21-22-42-43-27-44-38(28-47-29-48-44)25-45(43)50-46(42)26-41/h1-29H. The van der Waals surface area contributed by atoms with Crippen molar-refractivity contribution in [3.05, 3.63) is 176 Å². The van der Waals surface area contributed by atoms with Gasteiger partial charge < -0.3 is 9.32 Å². The molecule has 0 aliphatic carbocycles. The summed E-state index contributed by atoms with van der Waals surface area (Å²) < 4.78 is 6.47. The van der Waals surface area contributed by atoms with Crippen LogP contribution in [0.1, 0.15) is 0 Å². The maximum Gasteiger partial charge on any atom is 0.137 e. The molecule has 0 atom stereocenters. The van der Waals surface area contributed by atoms with Crippen molar-refractivity contribution in [2.24, 2.45) is 0 Å². The zero-order valence-corrected chi connectivity index (χ0v) is 27.0. The van der Waals surface area contributed by atoms with Crippen LogP contribution in [0.3, 0.4) is 0 Å². The minimum atomic E-state index is 0.825. The van der Waals surface area contributed by atoms with Crippen molar-refractivity contribution >= 4 is 71.4 Å². The number of anilines is 3. The van der Waals surface area contributed by atoms with Crippen molar-refractivity contribution in [2.45, 2.75) is 0 Å². The maximum atomic E-state index is 6.47. The van der Waals surface area contributed by atoms with Gasteiger partial charge in [0.15, 0.2) is 0 Å². The Hall–Kier alpha value is -6.78. The number of benzene rings is 8. The number of hydrogen-bond acceptors (Lipinski definition) is 4. The van der Waals surface area contributed by atoms with E-state index in [-0.39, 0.29) is 0 Å². The number of rotatable bonds is 5. The van der Waals surface area contributed by atoms with Gasteiger partial charge >= 0.3 is 0 Å². The summed E-state index contributed by atoms with van der Waals surface area (Å²) in [6, 6.07) is 58.5. The smallest absolute Gasteiger partial charge is 0.137 e. The van der Waals surface area contributed by atoms with Gasteiger partial charge in [-0.15, -0.1) is 0 Å². The molecule has 10 aromatic rings. The van der Waals surface area contributed by atoms with Gasteiger partial charge in [0, 0.05) is 45.5 Å². The summed E-state index contributed by atoms with van der Waals surface area (Å²) in [7, 11) is 0. The third kappa shape index (κ3) is 4.85. The first-order chi connectivity index (χ1) is 24.7. The Labute approximate surface area is 288 Å². The van der Waals surface area contributed by atoms with Crippen molar-refractivity contribution in [2.75, 3.05) is 4.90 Å². The summed E-state index contributed by atoms with van der Waals surface area (Å²) in [6.07, 6.45) is 3.41. The molecule has 0 fully saturated rings. The molecule has 4 heteroatoms. The molecule has 234 valence electrons. The summed E-state index contributed by atoms with van der Waals surface area (Å²) in [5.41, 5.74) is 10.4. The van der Waals surface area contributed by atoms with Gasteiger partial charge in [0.25, 0.3) is 0 Å². The van der Waals surface area contributed by atoms with Crippen molar-refractivity contribution in [3.8, 4) is 22.3 Å². The SMILES string of the molecule is c1ccc2cc(-c3ccc(N(c4ccc(-c5ccc6ccccc6c5)cc4)c4ccc5c(c4)oc4cc6cncnc6cc45)cc3)ccc2c1. The molecule has 0 spiro atoms. The second-order valence-corrected chi connectivity index (χ2v) is 12.8. The molecule has 0 saturated heterocycles. The fourth-order valence-corrected chi connectivity index (χ4v) is 7.17. The molecular weight excluding hydrogens is 611 g/mol. The first-order valence-corrected chi connectivity index (χ1v) is 16.8. The molecule has 0 N–H and O–H groups in total. The van der Waals surface area contributed by atoms with Crippen LogP contribution in [-0.2, 0) is 0 Å². The zero-order valence-electron chi connectivity index (χ0n) is 27.0. The molecule has 10 rings (SSSR count). The minimum absolute atomic E-state index is 0.825. The van der Waals surface area contributed by atoms with Gasteiger partial charge in [0.05, 0.1) is 5.52 Å². The lowest BCUT2D eigenvalue weighted by molar-refractivity contribution is 0.669. The summed E-state index contributed by atoms with van der Waals surface area (Å²) in [6.45, 7) is 0. The maximum absolute atomic E-state index is 6.47. The minimum Gasteiger partial charge on any atom is -0.456 e. The number of hydrogen-bond donors (Lipinski definition) is 0. The molecular formula is C46H29N3O. The van der Waals surface area contributed by atoms with E-state index in [9.17, 15) is 0 Å². The highest BCUT2D eigenvalue weighted by Crippen LogP contribution is 2.40. The Morgan fingerprint density at radius 2 is 0.940 bits per heavy atom. The van der Waals surface area contributed by atoms with E-state index in [0.29, 0.717) is 0 Å². The molecule has 50 heavy (non-hydrogen) atoms. The van der Waals surface area contributed by atoms with Crippen LogP contribution < -0.4 is 4.90 Å². The highest BCUT2D eigenvalue weighted by molar-refractivity contribution is 6.10. The van der Waals surface area contributed by atoms with E-state index in [0.717, 1.165) is 49.9 Å². The quantitative estimate of drug-likeness (QED) is 0.188. The van der Waals surface area contributed by atoms with E-state index in [1.807, 2.05) is 12.3 Å². The Morgan fingerprint density at radius 3 is 1.56 bits per heavy atom. The lowest BCUT2D eigenvalue weighted by Crippen LogP contribution is -2.09. The average Bonchev–Trinajstić information content (AvgIpc) is 3.53. The Balaban J connectivity index is 1.08. The first kappa shape index (κ1) is 28.3. The van der Waals surface area contributed by atoms with Crippen LogP contribution in [0.25, 0.3) is 76.6 Å². The number of aromatic nitrogens is 2. The van der Waals surface area contributed by atoms with Crippen LogP contribution in [0, 0.1) is 0 Å². The monoisotopic (exact) mass is 639 g/mol. The molecule has 0 unspecified atom stereocenters. The highest BCUT2D eigenvalue weighted by Gasteiger charge is 2.17. The molecule has 2 aromatic heterocycles. The van der Waals surface area contributed by atoms with Crippen molar-refractivity contribution in [1.29, 1.82) is 0 Å². The van der Waals surface area contributed by atoms with Crippen LogP contribution in [-0.4, -0.2) is 9.97 Å². The number of fused-ring (bicyclic) bond motifs is 6. The molecule has 0 bridgehead atoms. The number of nitrogens with zero attached hydrogens (tertiary/aromatic N) is 3. The summed E-state index contributed by atoms with van der Waals surface area (Å²) in [5.74, 6) is 0. The third-order valence-electron chi connectivity index (χ3n) is 9.76. The van der Waals surface area contributed by atoms with Crippen LogP contribution in [0.4, 0.5) is 17.1 Å². The molecule has 0 radical (unpaired) electrons. The van der Waals surface area contributed by atoms with Crippen LogP contribution >= 0.6 is 0 Å². The molecule has 0 amide bonds. The molecule has 8 aromatic carbocycles. The van der Waals surface area contributed by atoms with Gasteiger partial charge in [-0.05, 0) is 104 Å². The van der Waals surface area contributed by atoms with E-state index >= 15 is 0 Å². The van der Waals surface area contributed by atoms with Gasteiger partial charge in [-0.2, -0.15) is 0 Å². The molecule has 0 saturated carbocycles. The third-order valence-corrected chi connectivity index (χ3v) is 9.76. The fraction of sp³-hybridized carbons (Fsp3) is 0. The van der Waals surface area contributed by atoms with Gasteiger partial charge in [-0.3, -0.25) is 0 Å². The van der Waals surface area contributed by atoms with Crippen LogP contribution in [0.2, 0.25) is 0 Å². The summed E-state index contributed by atoms with van der Waals surface area (Å²) >= 11 is 0. The van der Waals surface area contributed by atoms with Crippen molar-refractivity contribution < 1.29 is 4.42 Å². The first-order valence-electron chi connectivity index (χ1n) is 16.8. The average molecular weight is 640 g/mol. The Bertz CT molecular complexity index is 2750. The predicted octanol–water partition coefficient (Wildman–Crippen LogP) is 12.6. The molecule has 0 aliphatic rings. The van der Waals surface area contributed by atoms with Crippen molar-refractivity contribution in [1.82, 2.24) is 9.97 Å². The summed E-state index contributed by atoms with van der Waals surface area (Å²) in [5, 5.41) is 8.02. The summed E-state index contributed by atoms with van der Waals surface area (Å²) in [4.78, 5) is 11.0. The molecule has 4 nitrogen and oxygen atoms in total. The fourth-order valence-electron chi connectivity index (χ4n) is 7.17. The predicted molar refractivity (Wildman–Crippen MR) is 207 cm³/mol. The lowest BCUT2D eigenvalue weighted by atomic mass is 10.00. The van der Waals surface area contributed by atoms with Crippen molar-refractivity contribution in [3.63, 3.8) is 0 Å². The van der Waals surface area contributed by atoms with E-state index in [1.165, 1.54) is 43.8 Å². The van der Waals surface area contributed by atoms with Gasteiger partial charge in [0.1, 0.15) is 17.5 Å². The van der Waals surface area contributed by atoms with E-state index in [4.69, 9.17) is 4.42 Å². The second-order valence-electron chi connectivity index (χ2n) is 12.8. The van der Waals surface area contributed by atoms with Gasteiger partial charge in [-0.1, -0.05) is 97.1 Å². The van der Waals surface area contributed by atoms with E-state index in [1.54, 1.807) is 6.33 Å². The Morgan fingerprint density at radius 1 is 0.400 bits per heavy atom. The largest absolute Gasteiger partial charge is 0.456 e. The highest BCUT2D eigenvalue weighted by atomic mass is 16.3. The van der Waals surface area contributed by atoms with E-state index < -0.39 is 0 Å². The van der Waals surface area contributed by atoms with Gasteiger partial charge in [-0.25, -0.2) is 9.97 Å². The normalized spacial score (nSPS) is 11.6. The van der Waals surface area contributed by atoms with Gasteiger partial charge in [0.2, 0.25) is 0 Å². The lowest BCUT2D eigenvalue weighted by Gasteiger charge is -2.26. The van der Waals surface area contributed by atoms with E-state index in [2.05, 4.69) is 173 Å². The molecule has 0 aliphatic heterocycles. The zero-order chi connectivity index (χ0) is 33.0.